The Morgan fingerprint density at radius 2 is 2.19 bits per heavy atom. The lowest BCUT2D eigenvalue weighted by Gasteiger charge is -2.31. The molecule has 1 aliphatic heterocycles. The number of nitrogen functional groups attached to an aromatic ring is 1. The standard InChI is InChI=1S/C18H24N2O/c19-17-3-1-2-13-6-7-20(11-16(13)17)18(21)10-15-9-12-4-5-14(15)8-12/h1-3,12,14-15H,4-11,19H2. The summed E-state index contributed by atoms with van der Waals surface area (Å²) in [5.74, 6) is 2.76. The predicted octanol–water partition coefficient (Wildman–Crippen LogP) is 2.98. The molecule has 3 nitrogen and oxygen atoms in total. The summed E-state index contributed by atoms with van der Waals surface area (Å²) in [6.45, 7) is 1.57. The molecule has 3 aliphatic rings. The van der Waals surface area contributed by atoms with E-state index in [-0.39, 0.29) is 0 Å². The van der Waals surface area contributed by atoms with Crippen LogP contribution in [0, 0.1) is 17.8 Å². The fourth-order valence-corrected chi connectivity index (χ4v) is 4.80. The highest BCUT2D eigenvalue weighted by Crippen LogP contribution is 2.49. The minimum atomic E-state index is 0.349. The zero-order chi connectivity index (χ0) is 14.4. The molecule has 0 radical (unpaired) electrons. The lowest BCUT2D eigenvalue weighted by Crippen LogP contribution is -2.37. The van der Waals surface area contributed by atoms with Gasteiger partial charge in [-0.3, -0.25) is 4.79 Å². The number of nitrogens with zero attached hydrogens (tertiary/aromatic N) is 1. The molecule has 3 heteroatoms. The van der Waals surface area contributed by atoms with Crippen LogP contribution in [0.15, 0.2) is 18.2 Å². The summed E-state index contributed by atoms with van der Waals surface area (Å²) in [4.78, 5) is 14.7. The zero-order valence-electron chi connectivity index (χ0n) is 12.6. The van der Waals surface area contributed by atoms with Crippen LogP contribution in [0.4, 0.5) is 5.69 Å². The monoisotopic (exact) mass is 284 g/mol. The third-order valence-electron chi connectivity index (χ3n) is 5.98. The number of hydrogen-bond donors (Lipinski definition) is 1. The van der Waals surface area contributed by atoms with Crippen molar-refractivity contribution in [3.63, 3.8) is 0 Å². The lowest BCUT2D eigenvalue weighted by molar-refractivity contribution is -0.133. The quantitative estimate of drug-likeness (QED) is 0.849. The van der Waals surface area contributed by atoms with E-state index in [0.717, 1.165) is 36.9 Å². The lowest BCUT2D eigenvalue weighted by atomic mass is 9.86. The Morgan fingerprint density at radius 1 is 1.29 bits per heavy atom. The molecule has 2 N–H and O–H groups in total. The molecule has 1 aromatic rings. The van der Waals surface area contributed by atoms with Crippen molar-refractivity contribution in [2.45, 2.75) is 45.1 Å². The maximum absolute atomic E-state index is 12.6. The molecule has 21 heavy (non-hydrogen) atoms. The second kappa shape index (κ2) is 5.04. The van der Waals surface area contributed by atoms with Crippen LogP contribution in [0.3, 0.4) is 0 Å². The average molecular weight is 284 g/mol. The maximum Gasteiger partial charge on any atom is 0.223 e. The molecule has 0 spiro atoms. The van der Waals surface area contributed by atoms with Crippen LogP contribution in [-0.4, -0.2) is 17.4 Å². The fourth-order valence-electron chi connectivity index (χ4n) is 4.80. The molecule has 4 rings (SSSR count). The molecule has 2 fully saturated rings. The van der Waals surface area contributed by atoms with Crippen molar-refractivity contribution in [1.29, 1.82) is 0 Å². The summed E-state index contributed by atoms with van der Waals surface area (Å²) < 4.78 is 0. The van der Waals surface area contributed by atoms with Gasteiger partial charge in [0, 0.05) is 25.2 Å². The van der Waals surface area contributed by atoms with E-state index in [1.807, 2.05) is 17.0 Å². The Hall–Kier alpha value is -1.51. The van der Waals surface area contributed by atoms with Crippen molar-refractivity contribution in [2.75, 3.05) is 12.3 Å². The fraction of sp³-hybridized carbons (Fsp3) is 0.611. The summed E-state index contributed by atoms with van der Waals surface area (Å²) in [5, 5.41) is 0. The molecule has 0 saturated heterocycles. The van der Waals surface area contributed by atoms with Gasteiger partial charge in [-0.05, 0) is 60.6 Å². The third kappa shape index (κ3) is 2.33. The van der Waals surface area contributed by atoms with Gasteiger partial charge in [-0.2, -0.15) is 0 Å². The smallest absolute Gasteiger partial charge is 0.223 e. The number of anilines is 1. The van der Waals surface area contributed by atoms with E-state index in [1.165, 1.54) is 36.8 Å². The van der Waals surface area contributed by atoms with Gasteiger partial charge in [-0.15, -0.1) is 0 Å². The van der Waals surface area contributed by atoms with Crippen LogP contribution in [-0.2, 0) is 17.8 Å². The van der Waals surface area contributed by atoms with Crippen molar-refractivity contribution in [2.24, 2.45) is 17.8 Å². The van der Waals surface area contributed by atoms with Gasteiger partial charge in [0.2, 0.25) is 5.91 Å². The summed E-state index contributed by atoms with van der Waals surface area (Å²) in [5.41, 5.74) is 9.41. The van der Waals surface area contributed by atoms with Crippen LogP contribution in [0.1, 0.15) is 43.2 Å². The Morgan fingerprint density at radius 3 is 2.95 bits per heavy atom. The Labute approximate surface area is 126 Å². The van der Waals surface area contributed by atoms with E-state index in [4.69, 9.17) is 5.73 Å². The molecular weight excluding hydrogens is 260 g/mol. The number of fused-ring (bicyclic) bond motifs is 3. The Kier molecular flexibility index (Phi) is 3.16. The molecule has 0 aromatic heterocycles. The van der Waals surface area contributed by atoms with Gasteiger partial charge in [-0.25, -0.2) is 0 Å². The SMILES string of the molecule is Nc1cccc2c1CN(C(=O)CC1CC3CCC1C3)CC2. The summed E-state index contributed by atoms with van der Waals surface area (Å²) in [7, 11) is 0. The number of nitrogens with two attached hydrogens (primary N) is 1. The Balaban J connectivity index is 1.43. The van der Waals surface area contributed by atoms with E-state index >= 15 is 0 Å². The first-order valence-electron chi connectivity index (χ1n) is 8.34. The van der Waals surface area contributed by atoms with Crippen molar-refractivity contribution in [3.8, 4) is 0 Å². The first kappa shape index (κ1) is 13.2. The highest BCUT2D eigenvalue weighted by atomic mass is 16.2. The highest BCUT2D eigenvalue weighted by molar-refractivity contribution is 5.77. The van der Waals surface area contributed by atoms with Crippen molar-refractivity contribution >= 4 is 11.6 Å². The van der Waals surface area contributed by atoms with Crippen LogP contribution in [0.5, 0.6) is 0 Å². The van der Waals surface area contributed by atoms with Gasteiger partial charge in [0.1, 0.15) is 0 Å². The number of rotatable bonds is 2. The molecule has 1 aromatic carbocycles. The largest absolute Gasteiger partial charge is 0.398 e. The molecular formula is C18H24N2O. The molecule has 2 bridgehead atoms. The summed E-state index contributed by atoms with van der Waals surface area (Å²) in [6.07, 6.45) is 7.16. The van der Waals surface area contributed by atoms with E-state index in [2.05, 4.69) is 6.07 Å². The minimum absolute atomic E-state index is 0.349. The third-order valence-corrected chi connectivity index (χ3v) is 5.98. The predicted molar refractivity (Wildman–Crippen MR) is 83.5 cm³/mol. The highest BCUT2D eigenvalue weighted by Gasteiger charge is 2.40. The van der Waals surface area contributed by atoms with Gasteiger partial charge < -0.3 is 10.6 Å². The number of hydrogen-bond acceptors (Lipinski definition) is 2. The van der Waals surface area contributed by atoms with Gasteiger partial charge in [0.05, 0.1) is 0 Å². The van der Waals surface area contributed by atoms with Gasteiger partial charge in [0.25, 0.3) is 0 Å². The van der Waals surface area contributed by atoms with Crippen LogP contribution >= 0.6 is 0 Å². The molecule has 3 atom stereocenters. The van der Waals surface area contributed by atoms with Crippen molar-refractivity contribution < 1.29 is 4.79 Å². The second-order valence-corrected chi connectivity index (χ2v) is 7.19. The first-order chi connectivity index (χ1) is 10.2. The average Bonchev–Trinajstić information content (AvgIpc) is 3.10. The van der Waals surface area contributed by atoms with Gasteiger partial charge in [0.15, 0.2) is 0 Å². The molecule has 1 amide bonds. The number of amides is 1. The van der Waals surface area contributed by atoms with E-state index in [9.17, 15) is 4.79 Å². The Bertz CT molecular complexity index is 568. The van der Waals surface area contributed by atoms with E-state index < -0.39 is 0 Å². The zero-order valence-corrected chi connectivity index (χ0v) is 12.6. The second-order valence-electron chi connectivity index (χ2n) is 7.19. The summed E-state index contributed by atoms with van der Waals surface area (Å²) >= 11 is 0. The number of carbonyl (C=O) groups excluding carboxylic acids is 1. The van der Waals surface area contributed by atoms with Gasteiger partial charge in [-0.1, -0.05) is 18.6 Å². The van der Waals surface area contributed by atoms with E-state index in [1.54, 1.807) is 0 Å². The van der Waals surface area contributed by atoms with E-state index in [0.29, 0.717) is 18.4 Å². The van der Waals surface area contributed by atoms with Gasteiger partial charge >= 0.3 is 0 Å². The summed E-state index contributed by atoms with van der Waals surface area (Å²) in [6, 6.07) is 6.10. The number of benzene rings is 1. The molecule has 2 aliphatic carbocycles. The van der Waals surface area contributed by atoms with Crippen molar-refractivity contribution in [1.82, 2.24) is 4.90 Å². The molecule has 2 saturated carbocycles. The number of carbonyl (C=O) groups is 1. The van der Waals surface area contributed by atoms with Crippen LogP contribution in [0.2, 0.25) is 0 Å². The maximum atomic E-state index is 12.6. The molecule has 112 valence electrons. The van der Waals surface area contributed by atoms with Crippen LogP contribution in [0.25, 0.3) is 0 Å². The minimum Gasteiger partial charge on any atom is -0.398 e. The first-order valence-corrected chi connectivity index (χ1v) is 8.34. The molecule has 1 heterocycles. The topological polar surface area (TPSA) is 46.3 Å². The molecule has 3 unspecified atom stereocenters. The van der Waals surface area contributed by atoms with Crippen LogP contribution < -0.4 is 5.73 Å². The normalized spacial score (nSPS) is 30.5. The van der Waals surface area contributed by atoms with Crippen molar-refractivity contribution in [3.05, 3.63) is 29.3 Å².